The molecule has 0 spiro atoms. The van der Waals surface area contributed by atoms with Crippen molar-refractivity contribution in [2.24, 2.45) is 5.92 Å². The summed E-state index contributed by atoms with van der Waals surface area (Å²) >= 11 is 0. The number of nitrogens with one attached hydrogen (secondary N) is 1. The second-order valence-corrected chi connectivity index (χ2v) is 6.30. The fourth-order valence-corrected chi connectivity index (χ4v) is 2.50. The topological polar surface area (TPSA) is 88.6 Å². The van der Waals surface area contributed by atoms with Crippen LogP contribution in [-0.4, -0.2) is 31.2 Å². The predicted octanol–water partition coefficient (Wildman–Crippen LogP) is 1.39. The summed E-state index contributed by atoms with van der Waals surface area (Å²) < 4.78 is 2.70. The first-order valence-corrected chi connectivity index (χ1v) is 7.71. The molecule has 0 aromatic carbocycles. The van der Waals surface area contributed by atoms with E-state index in [0.29, 0.717) is 17.9 Å². The quantitative estimate of drug-likeness (QED) is 0.872. The van der Waals surface area contributed by atoms with Gasteiger partial charge in [0.1, 0.15) is 5.65 Å². The lowest BCUT2D eigenvalue weighted by Gasteiger charge is -2.16. The number of carbonyl (C=O) groups excluding carboxylic acids is 1. The zero-order valence-corrected chi connectivity index (χ0v) is 13.2. The van der Waals surface area contributed by atoms with Gasteiger partial charge in [-0.25, -0.2) is 0 Å². The number of hydrogen-bond acceptors (Lipinski definition) is 4. The van der Waals surface area contributed by atoms with Crippen LogP contribution < -0.4 is 10.9 Å². The third-order valence-electron chi connectivity index (χ3n) is 3.77. The maximum absolute atomic E-state index is 12.6. The van der Waals surface area contributed by atoms with Crippen LogP contribution in [-0.2, 0) is 6.54 Å². The second kappa shape index (κ2) is 5.57. The van der Waals surface area contributed by atoms with Gasteiger partial charge < -0.3 is 10.4 Å². The molecule has 0 radical (unpaired) electrons. The third-order valence-corrected chi connectivity index (χ3v) is 3.77. The molecule has 0 aliphatic heterocycles. The summed E-state index contributed by atoms with van der Waals surface area (Å²) in [6.07, 6.45) is 3.32. The molecule has 2 N–H and O–H groups in total. The van der Waals surface area contributed by atoms with E-state index in [1.54, 1.807) is 10.6 Å². The Hall–Kier alpha value is -2.57. The lowest BCUT2D eigenvalue weighted by Crippen LogP contribution is -2.34. The molecule has 122 valence electrons. The van der Waals surface area contributed by atoms with Gasteiger partial charge in [-0.05, 0) is 24.8 Å². The van der Waals surface area contributed by atoms with Crippen molar-refractivity contribution in [2.45, 2.75) is 39.3 Å². The minimum Gasteiger partial charge on any atom is -0.494 e. The molecule has 7 nitrogen and oxygen atoms in total. The van der Waals surface area contributed by atoms with E-state index in [2.05, 4.69) is 17.0 Å². The molecule has 2 aromatic rings. The average molecular weight is 316 g/mol. The number of amides is 1. The van der Waals surface area contributed by atoms with Crippen molar-refractivity contribution in [3.63, 3.8) is 0 Å². The van der Waals surface area contributed by atoms with Crippen LogP contribution in [0.5, 0.6) is 5.88 Å². The summed E-state index contributed by atoms with van der Waals surface area (Å²) in [6.45, 7) is 8.08. The van der Waals surface area contributed by atoms with Crippen LogP contribution in [0, 0.1) is 5.92 Å². The van der Waals surface area contributed by atoms with Gasteiger partial charge in [-0.15, -0.1) is 0 Å². The van der Waals surface area contributed by atoms with E-state index in [1.165, 1.54) is 6.08 Å². The lowest BCUT2D eigenvalue weighted by molar-refractivity contribution is 0.0944. The van der Waals surface area contributed by atoms with Gasteiger partial charge in [0.05, 0.1) is 5.69 Å². The van der Waals surface area contributed by atoms with Crippen LogP contribution in [0.15, 0.2) is 17.4 Å². The van der Waals surface area contributed by atoms with Crippen molar-refractivity contribution in [1.82, 2.24) is 19.5 Å². The van der Waals surface area contributed by atoms with Crippen molar-refractivity contribution >= 4 is 17.6 Å². The maximum Gasteiger partial charge on any atom is 0.291 e. The molecule has 1 amide bonds. The van der Waals surface area contributed by atoms with Crippen molar-refractivity contribution in [3.8, 4) is 5.88 Å². The summed E-state index contributed by atoms with van der Waals surface area (Å²) in [7, 11) is 0. The van der Waals surface area contributed by atoms with Gasteiger partial charge in [-0.3, -0.25) is 14.2 Å². The van der Waals surface area contributed by atoms with Gasteiger partial charge in [-0.2, -0.15) is 9.61 Å². The predicted molar refractivity (Wildman–Crippen MR) is 86.5 cm³/mol. The molecule has 2 heterocycles. The summed E-state index contributed by atoms with van der Waals surface area (Å²) in [5, 5.41) is 17.4. The Morgan fingerprint density at radius 1 is 1.57 bits per heavy atom. The Bertz CT molecular complexity index is 843. The molecule has 0 unspecified atom stereocenters. The molecular weight excluding hydrogens is 296 g/mol. The molecule has 0 bridgehead atoms. The summed E-state index contributed by atoms with van der Waals surface area (Å²) in [6, 6.07) is 1.76. The molecule has 7 heteroatoms. The molecule has 23 heavy (non-hydrogen) atoms. The summed E-state index contributed by atoms with van der Waals surface area (Å²) in [5.41, 5.74) is 0.0744. The Morgan fingerprint density at radius 2 is 2.26 bits per heavy atom. The molecule has 1 aliphatic rings. The number of fused-ring (bicyclic) bond motifs is 1. The van der Waals surface area contributed by atoms with Gasteiger partial charge in [-0.1, -0.05) is 20.4 Å². The molecule has 0 atom stereocenters. The Labute approximate surface area is 133 Å². The van der Waals surface area contributed by atoms with E-state index in [0.717, 1.165) is 17.4 Å². The van der Waals surface area contributed by atoms with Crippen LogP contribution in [0.25, 0.3) is 11.7 Å². The van der Waals surface area contributed by atoms with Crippen LogP contribution in [0.2, 0.25) is 0 Å². The van der Waals surface area contributed by atoms with Crippen molar-refractivity contribution in [1.29, 1.82) is 0 Å². The number of carbonyl (C=O) groups is 1. The lowest BCUT2D eigenvalue weighted by atomic mass is 10.2. The molecule has 1 aliphatic carbocycles. The number of aromatic hydroxyl groups is 1. The maximum atomic E-state index is 12.6. The average Bonchev–Trinajstić information content (AvgIpc) is 3.18. The minimum atomic E-state index is -0.622. The fourth-order valence-electron chi connectivity index (χ4n) is 2.50. The van der Waals surface area contributed by atoms with Crippen LogP contribution in [0.3, 0.4) is 0 Å². The largest absolute Gasteiger partial charge is 0.494 e. The monoisotopic (exact) mass is 316 g/mol. The number of rotatable bonds is 5. The minimum absolute atomic E-state index is 0.0944. The fraction of sp³-hybridized carbons (Fsp3) is 0.438. The number of nitrogens with zero attached hydrogens (tertiary/aromatic N) is 3. The SMILES string of the molecule is C=Cc1cc2n(CC(C)C)c(O)c(C(=O)NC3CC3)c(=O)n2n1. The highest BCUT2D eigenvalue weighted by molar-refractivity contribution is 5.96. The third kappa shape index (κ3) is 2.74. The number of aromatic nitrogens is 3. The van der Waals surface area contributed by atoms with Crippen LogP contribution in [0.4, 0.5) is 0 Å². The highest BCUT2D eigenvalue weighted by atomic mass is 16.3. The standard InChI is InChI=1S/C16H20N4O3/c1-4-10-7-12-19(8-9(2)3)15(22)13(16(23)20(12)18-10)14(21)17-11-5-6-11/h4,7,9,11,22H,1,5-6,8H2,2-3H3,(H,17,21). The molecule has 0 saturated heterocycles. The summed E-state index contributed by atoms with van der Waals surface area (Å²) in [4.78, 5) is 24.9. The van der Waals surface area contributed by atoms with Gasteiger partial charge in [0.2, 0.25) is 5.88 Å². The first kappa shape index (κ1) is 15.3. The van der Waals surface area contributed by atoms with Crippen molar-refractivity contribution in [2.75, 3.05) is 0 Å². The smallest absolute Gasteiger partial charge is 0.291 e. The molecule has 1 saturated carbocycles. The van der Waals surface area contributed by atoms with E-state index >= 15 is 0 Å². The van der Waals surface area contributed by atoms with E-state index in [-0.39, 0.29) is 23.4 Å². The first-order valence-electron chi connectivity index (χ1n) is 7.71. The van der Waals surface area contributed by atoms with Crippen molar-refractivity contribution < 1.29 is 9.90 Å². The Kier molecular flexibility index (Phi) is 3.71. The van der Waals surface area contributed by atoms with Gasteiger partial charge in [0.25, 0.3) is 11.5 Å². The highest BCUT2D eigenvalue weighted by Crippen LogP contribution is 2.23. The summed E-state index contributed by atoms with van der Waals surface area (Å²) in [5.74, 6) is -0.649. The van der Waals surface area contributed by atoms with E-state index < -0.39 is 11.5 Å². The van der Waals surface area contributed by atoms with Crippen LogP contribution in [0.1, 0.15) is 42.7 Å². The second-order valence-electron chi connectivity index (χ2n) is 6.30. The zero-order valence-electron chi connectivity index (χ0n) is 13.2. The van der Waals surface area contributed by atoms with E-state index in [4.69, 9.17) is 0 Å². The Morgan fingerprint density at radius 3 is 2.83 bits per heavy atom. The first-order chi connectivity index (χ1) is 10.9. The molecule has 2 aromatic heterocycles. The highest BCUT2D eigenvalue weighted by Gasteiger charge is 2.29. The van der Waals surface area contributed by atoms with Gasteiger partial charge in [0, 0.05) is 18.7 Å². The molecule has 1 fully saturated rings. The molecule has 3 rings (SSSR count). The van der Waals surface area contributed by atoms with Crippen molar-refractivity contribution in [3.05, 3.63) is 34.3 Å². The molecular formula is C16H20N4O3. The van der Waals surface area contributed by atoms with Gasteiger partial charge in [0.15, 0.2) is 5.56 Å². The van der Waals surface area contributed by atoms with E-state index in [1.807, 2.05) is 13.8 Å². The van der Waals surface area contributed by atoms with E-state index in [9.17, 15) is 14.7 Å². The zero-order chi connectivity index (χ0) is 16.7. The van der Waals surface area contributed by atoms with Gasteiger partial charge >= 0.3 is 0 Å². The Balaban J connectivity index is 2.23. The van der Waals surface area contributed by atoms with Crippen LogP contribution >= 0.6 is 0 Å². The number of hydrogen-bond donors (Lipinski definition) is 2. The normalized spacial score (nSPS) is 14.4.